The first-order chi connectivity index (χ1) is 11.7. The minimum Gasteiger partial charge on any atom is -0.369 e. The van der Waals surface area contributed by atoms with E-state index in [4.69, 9.17) is 0 Å². The van der Waals surface area contributed by atoms with E-state index in [0.717, 1.165) is 54.6 Å². The molecule has 1 fully saturated rings. The number of rotatable bonds is 3. The summed E-state index contributed by atoms with van der Waals surface area (Å²) in [5.74, 6) is 1.46. The number of hydrogen-bond donors (Lipinski definition) is 2. The normalized spacial score (nSPS) is 17.8. The molecule has 126 valence electrons. The van der Waals surface area contributed by atoms with Crippen molar-refractivity contribution in [1.29, 1.82) is 0 Å². The van der Waals surface area contributed by atoms with Crippen LogP contribution in [0.4, 0.5) is 17.3 Å². The number of piperazine rings is 1. The second-order valence-corrected chi connectivity index (χ2v) is 7.36. The van der Waals surface area contributed by atoms with Gasteiger partial charge in [0.05, 0.1) is 10.6 Å². The van der Waals surface area contributed by atoms with Crippen LogP contribution in [0.5, 0.6) is 0 Å². The van der Waals surface area contributed by atoms with Crippen LogP contribution in [0.15, 0.2) is 34.0 Å². The second-order valence-electron chi connectivity index (χ2n) is 6.25. The molecule has 0 aliphatic carbocycles. The van der Waals surface area contributed by atoms with E-state index in [-0.39, 0.29) is 5.56 Å². The van der Waals surface area contributed by atoms with E-state index in [1.54, 1.807) is 11.8 Å². The molecule has 0 unspecified atom stereocenters. The molecule has 3 heterocycles. The molecule has 0 amide bonds. The van der Waals surface area contributed by atoms with Crippen molar-refractivity contribution >= 4 is 29.1 Å². The summed E-state index contributed by atoms with van der Waals surface area (Å²) >= 11 is 1.58. The van der Waals surface area contributed by atoms with Crippen LogP contribution in [0, 0.1) is 0 Å². The van der Waals surface area contributed by atoms with Crippen LogP contribution in [0.25, 0.3) is 0 Å². The van der Waals surface area contributed by atoms with Gasteiger partial charge in [0.15, 0.2) is 0 Å². The molecule has 0 atom stereocenters. The summed E-state index contributed by atoms with van der Waals surface area (Å²) < 4.78 is 0. The van der Waals surface area contributed by atoms with E-state index in [1.165, 1.54) is 5.69 Å². The summed E-state index contributed by atoms with van der Waals surface area (Å²) in [4.78, 5) is 24.9. The highest BCUT2D eigenvalue weighted by molar-refractivity contribution is 7.99. The van der Waals surface area contributed by atoms with Crippen molar-refractivity contribution in [3.05, 3.63) is 40.3 Å². The highest BCUT2D eigenvalue weighted by Gasteiger charge is 2.18. The van der Waals surface area contributed by atoms with Crippen LogP contribution in [-0.4, -0.2) is 53.8 Å². The van der Waals surface area contributed by atoms with Gasteiger partial charge in [0.25, 0.3) is 5.56 Å². The van der Waals surface area contributed by atoms with E-state index in [0.29, 0.717) is 5.95 Å². The molecule has 2 aliphatic heterocycles. The summed E-state index contributed by atoms with van der Waals surface area (Å²) in [6.07, 6.45) is 0.862. The number of aromatic nitrogens is 2. The lowest BCUT2D eigenvalue weighted by molar-refractivity contribution is 0.313. The van der Waals surface area contributed by atoms with Gasteiger partial charge < -0.3 is 15.1 Å². The number of nitrogens with one attached hydrogen (secondary N) is 2. The van der Waals surface area contributed by atoms with Crippen LogP contribution >= 0.6 is 11.8 Å². The Bertz CT molecular complexity index is 781. The number of benzene rings is 1. The Hall–Kier alpha value is -1.99. The molecule has 0 spiro atoms. The Kier molecular flexibility index (Phi) is 4.20. The smallest absolute Gasteiger partial charge is 0.266 e. The number of thioether (sulfide) groups is 1. The second kappa shape index (κ2) is 6.49. The number of hydrogen-bond acceptors (Lipinski definition) is 6. The molecule has 1 aromatic heterocycles. The van der Waals surface area contributed by atoms with Crippen LogP contribution in [-0.2, 0) is 6.42 Å². The summed E-state index contributed by atoms with van der Waals surface area (Å²) in [5, 5.41) is 3.21. The summed E-state index contributed by atoms with van der Waals surface area (Å²) in [6, 6.07) is 8.31. The molecule has 0 radical (unpaired) electrons. The van der Waals surface area contributed by atoms with Gasteiger partial charge in [-0.1, -0.05) is 0 Å². The molecule has 6 nitrogen and oxygen atoms in total. The van der Waals surface area contributed by atoms with Crippen LogP contribution in [0.1, 0.15) is 5.69 Å². The first kappa shape index (κ1) is 15.5. The molecule has 0 saturated carbocycles. The van der Waals surface area contributed by atoms with Gasteiger partial charge in [-0.15, -0.1) is 11.8 Å². The topological polar surface area (TPSA) is 64.3 Å². The zero-order valence-corrected chi connectivity index (χ0v) is 14.5. The van der Waals surface area contributed by atoms with Crippen molar-refractivity contribution in [2.24, 2.45) is 0 Å². The van der Waals surface area contributed by atoms with Crippen LogP contribution < -0.4 is 15.8 Å². The van der Waals surface area contributed by atoms with Crippen LogP contribution in [0.2, 0.25) is 0 Å². The molecular formula is C17H21N5OS. The van der Waals surface area contributed by atoms with Crippen molar-refractivity contribution < 1.29 is 0 Å². The Morgan fingerprint density at radius 1 is 1.17 bits per heavy atom. The van der Waals surface area contributed by atoms with E-state index in [9.17, 15) is 4.79 Å². The zero-order valence-electron chi connectivity index (χ0n) is 13.7. The summed E-state index contributed by atoms with van der Waals surface area (Å²) in [7, 11) is 2.16. The molecule has 2 N–H and O–H groups in total. The lowest BCUT2D eigenvalue weighted by Crippen LogP contribution is -2.44. The third-order valence-corrected chi connectivity index (χ3v) is 5.65. The molecule has 4 rings (SSSR count). The van der Waals surface area contributed by atoms with Crippen molar-refractivity contribution in [1.82, 2.24) is 14.9 Å². The summed E-state index contributed by atoms with van der Waals surface area (Å²) in [6.45, 7) is 4.30. The average molecular weight is 343 g/mol. The first-order valence-electron chi connectivity index (χ1n) is 8.25. The maximum Gasteiger partial charge on any atom is 0.266 e. The van der Waals surface area contributed by atoms with Gasteiger partial charge in [-0.25, -0.2) is 4.98 Å². The molecule has 2 aromatic rings. The predicted molar refractivity (Wildman–Crippen MR) is 98.7 cm³/mol. The Balaban J connectivity index is 1.48. The highest BCUT2D eigenvalue weighted by atomic mass is 32.2. The molecule has 2 aliphatic rings. The molecular weight excluding hydrogens is 322 g/mol. The fourth-order valence-corrected chi connectivity index (χ4v) is 4.09. The Morgan fingerprint density at radius 3 is 2.67 bits per heavy atom. The minimum atomic E-state index is -0.0425. The number of fused-ring (bicyclic) bond motifs is 1. The van der Waals surface area contributed by atoms with E-state index in [2.05, 4.69) is 44.3 Å². The fraction of sp³-hybridized carbons (Fsp3) is 0.412. The van der Waals surface area contributed by atoms with Gasteiger partial charge in [0, 0.05) is 49.7 Å². The monoisotopic (exact) mass is 343 g/mol. The van der Waals surface area contributed by atoms with Crippen molar-refractivity contribution in [3.63, 3.8) is 0 Å². The van der Waals surface area contributed by atoms with Gasteiger partial charge >= 0.3 is 0 Å². The van der Waals surface area contributed by atoms with Crippen molar-refractivity contribution in [3.8, 4) is 0 Å². The lowest BCUT2D eigenvalue weighted by atomic mass is 10.2. The minimum absolute atomic E-state index is 0.0425. The van der Waals surface area contributed by atoms with Gasteiger partial charge in [-0.05, 0) is 31.3 Å². The molecule has 24 heavy (non-hydrogen) atoms. The maximum atomic E-state index is 12.0. The number of aryl methyl sites for hydroxylation is 1. The van der Waals surface area contributed by atoms with Gasteiger partial charge in [-0.2, -0.15) is 0 Å². The van der Waals surface area contributed by atoms with E-state index in [1.807, 2.05) is 12.1 Å². The van der Waals surface area contributed by atoms with Gasteiger partial charge in [0.1, 0.15) is 0 Å². The quantitative estimate of drug-likeness (QED) is 0.888. The largest absolute Gasteiger partial charge is 0.369 e. The Morgan fingerprint density at radius 2 is 1.92 bits per heavy atom. The van der Waals surface area contributed by atoms with E-state index < -0.39 is 0 Å². The molecule has 7 heteroatoms. The third kappa shape index (κ3) is 3.14. The molecule has 1 saturated heterocycles. The zero-order chi connectivity index (χ0) is 16.5. The maximum absolute atomic E-state index is 12.0. The van der Waals surface area contributed by atoms with Crippen molar-refractivity contribution in [2.45, 2.75) is 11.3 Å². The first-order valence-corrected chi connectivity index (χ1v) is 9.24. The average Bonchev–Trinajstić information content (AvgIpc) is 3.05. The molecule has 0 bridgehead atoms. The number of anilines is 3. The highest BCUT2D eigenvalue weighted by Crippen LogP contribution is 2.27. The number of H-pyrrole nitrogens is 1. The van der Waals surface area contributed by atoms with E-state index >= 15 is 0 Å². The standard InChI is InChI=1S/C17H21N5OS/c1-21-7-9-22(10-8-21)13-4-2-12(3-5-13)18-17-19-14-6-11-24-15(14)16(23)20-17/h2-5H,6-11H2,1H3,(H2,18,19,20,23). The predicted octanol–water partition coefficient (Wildman–Crippen LogP) is 1.91. The number of likely N-dealkylation sites (N-methyl/N-ethyl adjacent to an activating group) is 1. The number of nitrogens with zero attached hydrogens (tertiary/aromatic N) is 3. The molecule has 1 aromatic carbocycles. The SMILES string of the molecule is CN1CCN(c2ccc(Nc3nc4c(c(=O)[nH]3)SCC4)cc2)CC1. The van der Waals surface area contributed by atoms with Gasteiger partial charge in [-0.3, -0.25) is 9.78 Å². The fourth-order valence-electron chi connectivity index (χ4n) is 3.09. The van der Waals surface area contributed by atoms with Crippen LogP contribution in [0.3, 0.4) is 0 Å². The van der Waals surface area contributed by atoms with Gasteiger partial charge in [0.2, 0.25) is 5.95 Å². The summed E-state index contributed by atoms with van der Waals surface area (Å²) in [5.41, 5.74) is 3.03. The number of aromatic amines is 1. The lowest BCUT2D eigenvalue weighted by Gasteiger charge is -2.34. The van der Waals surface area contributed by atoms with Crippen molar-refractivity contribution in [2.75, 3.05) is 49.2 Å². The Labute approximate surface area is 145 Å². The third-order valence-electron chi connectivity index (χ3n) is 4.53.